The van der Waals surface area contributed by atoms with Crippen molar-refractivity contribution in [3.8, 4) is 0 Å². The maximum Gasteiger partial charge on any atom is 0.327 e. The van der Waals surface area contributed by atoms with Crippen molar-refractivity contribution in [2.45, 2.75) is 32.7 Å². The molecule has 0 aliphatic carbocycles. The van der Waals surface area contributed by atoms with E-state index in [2.05, 4.69) is 0 Å². The molecule has 8 nitrogen and oxygen atoms in total. The van der Waals surface area contributed by atoms with Gasteiger partial charge in [-0.1, -0.05) is 6.07 Å². The number of esters is 2. The normalized spacial score (nSPS) is 12.6. The van der Waals surface area contributed by atoms with E-state index in [1.807, 2.05) is 5.32 Å². The predicted octanol–water partition coefficient (Wildman–Crippen LogP) is 1.21. The van der Waals surface area contributed by atoms with E-state index in [4.69, 9.17) is 9.47 Å². The number of benzene rings is 1. The van der Waals surface area contributed by atoms with Gasteiger partial charge in [-0.3, -0.25) is 14.4 Å². The molecule has 28 heavy (non-hydrogen) atoms. The Bertz CT molecular complexity index is 718. The second-order valence-electron chi connectivity index (χ2n) is 5.63. The number of carboxylic acid groups (broad SMARTS) is 1. The van der Waals surface area contributed by atoms with E-state index in [0.29, 0.717) is 0 Å². The van der Waals surface area contributed by atoms with E-state index < -0.39 is 65.8 Å². The van der Waals surface area contributed by atoms with Crippen LogP contribution in [0.3, 0.4) is 0 Å². The molecule has 0 unspecified atom stereocenters. The highest BCUT2D eigenvalue weighted by molar-refractivity contribution is 5.91. The second kappa shape index (κ2) is 11.0. The van der Waals surface area contributed by atoms with Crippen LogP contribution in [0.1, 0.15) is 25.8 Å². The van der Waals surface area contributed by atoms with Crippen molar-refractivity contribution in [1.29, 1.82) is 0 Å². The Morgan fingerprint density at radius 3 is 2.14 bits per heavy atom. The molecule has 10 heteroatoms. The molecule has 2 N–H and O–H groups in total. The fourth-order valence-electron chi connectivity index (χ4n) is 2.41. The SMILES string of the molecule is CCOC(=O)C[C@H](C(=O)OCC)[C@@H](NC(=O)Cc1c(F)cccc1F)C(=O)O. The third-order valence-electron chi connectivity index (χ3n) is 3.67. The van der Waals surface area contributed by atoms with Gasteiger partial charge in [-0.15, -0.1) is 0 Å². The largest absolute Gasteiger partial charge is 0.480 e. The zero-order chi connectivity index (χ0) is 21.3. The van der Waals surface area contributed by atoms with Gasteiger partial charge < -0.3 is 19.9 Å². The average Bonchev–Trinajstić information content (AvgIpc) is 2.61. The van der Waals surface area contributed by atoms with E-state index >= 15 is 0 Å². The molecule has 0 spiro atoms. The number of carbonyl (C=O) groups excluding carboxylic acids is 3. The van der Waals surface area contributed by atoms with Crippen molar-refractivity contribution in [1.82, 2.24) is 5.32 Å². The van der Waals surface area contributed by atoms with Crippen LogP contribution in [0, 0.1) is 17.6 Å². The number of aliphatic carboxylic acids is 1. The fraction of sp³-hybridized carbons (Fsp3) is 0.444. The third kappa shape index (κ3) is 6.60. The summed E-state index contributed by atoms with van der Waals surface area (Å²) in [5.74, 6) is -8.09. The van der Waals surface area contributed by atoms with Crippen LogP contribution in [0.5, 0.6) is 0 Å². The number of ether oxygens (including phenoxy) is 2. The first kappa shape index (κ1) is 23.0. The van der Waals surface area contributed by atoms with Crippen LogP contribution in [0.2, 0.25) is 0 Å². The molecule has 1 rings (SSSR count). The molecule has 0 fully saturated rings. The maximum absolute atomic E-state index is 13.7. The summed E-state index contributed by atoms with van der Waals surface area (Å²) in [6.45, 7) is 2.93. The highest BCUT2D eigenvalue weighted by Crippen LogP contribution is 2.16. The molecule has 1 aromatic rings. The minimum atomic E-state index is -1.86. The lowest BCUT2D eigenvalue weighted by Gasteiger charge is -2.23. The summed E-state index contributed by atoms with van der Waals surface area (Å²) in [6, 6.07) is 1.15. The van der Waals surface area contributed by atoms with Gasteiger partial charge in [0, 0.05) is 5.56 Å². The summed E-state index contributed by atoms with van der Waals surface area (Å²) < 4.78 is 36.8. The lowest BCUT2D eigenvalue weighted by molar-refractivity contribution is -0.160. The molecule has 0 aliphatic heterocycles. The van der Waals surface area contributed by atoms with E-state index in [1.54, 1.807) is 0 Å². The van der Waals surface area contributed by atoms with Gasteiger partial charge >= 0.3 is 17.9 Å². The summed E-state index contributed by atoms with van der Waals surface area (Å²) >= 11 is 0. The summed E-state index contributed by atoms with van der Waals surface area (Å²) in [4.78, 5) is 47.6. The summed E-state index contributed by atoms with van der Waals surface area (Å²) in [5.41, 5.74) is -0.554. The van der Waals surface area contributed by atoms with Gasteiger partial charge in [-0.25, -0.2) is 13.6 Å². The number of carbonyl (C=O) groups is 4. The number of nitrogens with one attached hydrogen (secondary N) is 1. The summed E-state index contributed by atoms with van der Waals surface area (Å²) in [6.07, 6.45) is -1.45. The molecule has 154 valence electrons. The summed E-state index contributed by atoms with van der Waals surface area (Å²) in [5, 5.41) is 11.4. The van der Waals surface area contributed by atoms with Crippen LogP contribution in [0.25, 0.3) is 0 Å². The fourth-order valence-corrected chi connectivity index (χ4v) is 2.41. The number of amides is 1. The first-order valence-corrected chi connectivity index (χ1v) is 8.48. The lowest BCUT2D eigenvalue weighted by Crippen LogP contribution is -2.50. The minimum Gasteiger partial charge on any atom is -0.480 e. The van der Waals surface area contributed by atoms with E-state index in [9.17, 15) is 33.1 Å². The van der Waals surface area contributed by atoms with Gasteiger partial charge in [0.1, 0.15) is 17.7 Å². The zero-order valence-electron chi connectivity index (χ0n) is 15.4. The van der Waals surface area contributed by atoms with Crippen molar-refractivity contribution in [2.24, 2.45) is 5.92 Å². The number of hydrogen-bond acceptors (Lipinski definition) is 6. The Morgan fingerprint density at radius 2 is 1.64 bits per heavy atom. The number of hydrogen-bond donors (Lipinski definition) is 2. The predicted molar refractivity (Wildman–Crippen MR) is 91.0 cm³/mol. The van der Waals surface area contributed by atoms with Crippen molar-refractivity contribution in [2.75, 3.05) is 13.2 Å². The first-order chi connectivity index (χ1) is 13.2. The molecule has 0 saturated carbocycles. The van der Waals surface area contributed by atoms with Crippen LogP contribution in [-0.2, 0) is 35.1 Å². The van der Waals surface area contributed by atoms with Gasteiger partial charge in [0.2, 0.25) is 5.91 Å². The second-order valence-corrected chi connectivity index (χ2v) is 5.63. The van der Waals surface area contributed by atoms with E-state index in [-0.39, 0.29) is 13.2 Å². The van der Waals surface area contributed by atoms with E-state index in [1.165, 1.54) is 13.8 Å². The lowest BCUT2D eigenvalue weighted by atomic mass is 9.95. The Labute approximate surface area is 159 Å². The highest BCUT2D eigenvalue weighted by atomic mass is 19.1. The molecule has 0 heterocycles. The Kier molecular flexibility index (Phi) is 9.00. The number of carboxylic acids is 1. The van der Waals surface area contributed by atoms with Crippen molar-refractivity contribution < 1.29 is 42.5 Å². The topological polar surface area (TPSA) is 119 Å². The highest BCUT2D eigenvalue weighted by Gasteiger charge is 2.38. The molecule has 0 bridgehead atoms. The van der Waals surface area contributed by atoms with Crippen molar-refractivity contribution in [3.63, 3.8) is 0 Å². The Morgan fingerprint density at radius 1 is 1.07 bits per heavy atom. The zero-order valence-corrected chi connectivity index (χ0v) is 15.4. The Hall–Kier alpha value is -3.04. The maximum atomic E-state index is 13.7. The molecular formula is C18H21F2NO7. The molecule has 0 aliphatic rings. The van der Waals surface area contributed by atoms with Crippen LogP contribution in [0.4, 0.5) is 8.78 Å². The molecule has 0 aromatic heterocycles. The summed E-state index contributed by atoms with van der Waals surface area (Å²) in [7, 11) is 0. The average molecular weight is 401 g/mol. The van der Waals surface area contributed by atoms with Gasteiger partial charge in [-0.2, -0.15) is 0 Å². The molecule has 0 saturated heterocycles. The van der Waals surface area contributed by atoms with Gasteiger partial charge in [-0.05, 0) is 26.0 Å². The first-order valence-electron chi connectivity index (χ1n) is 8.48. The minimum absolute atomic E-state index is 0.00500. The monoisotopic (exact) mass is 401 g/mol. The molecular weight excluding hydrogens is 380 g/mol. The van der Waals surface area contributed by atoms with Crippen molar-refractivity contribution >= 4 is 23.8 Å². The van der Waals surface area contributed by atoms with Crippen LogP contribution < -0.4 is 5.32 Å². The van der Waals surface area contributed by atoms with E-state index in [0.717, 1.165) is 18.2 Å². The molecule has 1 aromatic carbocycles. The number of rotatable bonds is 10. The van der Waals surface area contributed by atoms with Gasteiger partial charge in [0.05, 0.1) is 32.0 Å². The third-order valence-corrected chi connectivity index (χ3v) is 3.67. The van der Waals surface area contributed by atoms with Crippen molar-refractivity contribution in [3.05, 3.63) is 35.4 Å². The van der Waals surface area contributed by atoms with Crippen LogP contribution in [-0.4, -0.2) is 48.2 Å². The number of halogens is 2. The van der Waals surface area contributed by atoms with Gasteiger partial charge in [0.25, 0.3) is 0 Å². The molecule has 2 atom stereocenters. The molecule has 0 radical (unpaired) electrons. The smallest absolute Gasteiger partial charge is 0.327 e. The van der Waals surface area contributed by atoms with Crippen LogP contribution in [0.15, 0.2) is 18.2 Å². The Balaban J connectivity index is 3.02. The standard InChI is InChI=1S/C18H21F2NO7/c1-3-27-15(23)9-11(18(26)28-4-2)16(17(24)25)21-14(22)8-10-12(19)6-5-7-13(10)20/h5-7,11,16H,3-4,8-9H2,1-2H3,(H,21,22)(H,24,25)/t11-,16+/m0/s1. The van der Waals surface area contributed by atoms with Crippen LogP contribution >= 0.6 is 0 Å². The molecule has 1 amide bonds. The quantitative estimate of drug-likeness (QED) is 0.566. The van der Waals surface area contributed by atoms with Gasteiger partial charge in [0.15, 0.2) is 0 Å².